The number of ether oxygens (including phenoxy) is 1. The van der Waals surface area contributed by atoms with Crippen molar-refractivity contribution in [1.82, 2.24) is 0 Å². The lowest BCUT2D eigenvalue weighted by Crippen LogP contribution is -2.08. The molecule has 1 atom stereocenters. The number of fused-ring (bicyclic) bond motifs is 1. The lowest BCUT2D eigenvalue weighted by atomic mass is 10.0. The fourth-order valence-electron chi connectivity index (χ4n) is 1.89. The first-order valence-corrected chi connectivity index (χ1v) is 5.57. The van der Waals surface area contributed by atoms with Crippen LogP contribution in [0.1, 0.15) is 18.5 Å². The van der Waals surface area contributed by atoms with Gasteiger partial charge in [0.15, 0.2) is 0 Å². The monoisotopic (exact) mass is 225 g/mol. The van der Waals surface area contributed by atoms with Crippen molar-refractivity contribution in [3.8, 4) is 18.1 Å². The smallest absolute Gasteiger partial charge is 0.148 e. The van der Waals surface area contributed by atoms with Gasteiger partial charge in [-0.3, -0.25) is 0 Å². The van der Waals surface area contributed by atoms with Gasteiger partial charge in [0.2, 0.25) is 0 Å². The summed E-state index contributed by atoms with van der Waals surface area (Å²) >= 11 is 0. The lowest BCUT2D eigenvalue weighted by molar-refractivity contribution is 0.368. The summed E-state index contributed by atoms with van der Waals surface area (Å²) < 4.78 is 5.64. The second-order valence-corrected chi connectivity index (χ2v) is 3.99. The minimum atomic E-state index is -0.0765. The van der Waals surface area contributed by atoms with Crippen molar-refractivity contribution < 1.29 is 4.74 Å². The molecule has 0 saturated heterocycles. The Hall–Kier alpha value is -1.98. The van der Waals surface area contributed by atoms with Crippen LogP contribution in [0.2, 0.25) is 0 Å². The van der Waals surface area contributed by atoms with Gasteiger partial charge < -0.3 is 10.5 Å². The fraction of sp³-hybridized carbons (Fsp3) is 0.200. The van der Waals surface area contributed by atoms with Gasteiger partial charge in [0.1, 0.15) is 12.4 Å². The summed E-state index contributed by atoms with van der Waals surface area (Å²) in [6.45, 7) is 2.20. The number of hydrogen-bond acceptors (Lipinski definition) is 2. The second kappa shape index (κ2) is 4.90. The van der Waals surface area contributed by atoms with Gasteiger partial charge in [0.05, 0.1) is 0 Å². The van der Waals surface area contributed by atoms with E-state index in [1.54, 1.807) is 0 Å². The van der Waals surface area contributed by atoms with E-state index >= 15 is 0 Å². The Morgan fingerprint density at radius 3 is 2.76 bits per heavy atom. The Balaban J connectivity index is 2.62. The summed E-state index contributed by atoms with van der Waals surface area (Å²) in [7, 11) is 0. The van der Waals surface area contributed by atoms with Crippen LogP contribution in [0.25, 0.3) is 10.8 Å². The molecule has 0 aliphatic carbocycles. The third kappa shape index (κ3) is 2.25. The molecule has 2 heteroatoms. The van der Waals surface area contributed by atoms with Crippen LogP contribution in [0.5, 0.6) is 5.75 Å². The van der Waals surface area contributed by atoms with E-state index in [2.05, 4.69) is 12.0 Å². The molecule has 0 saturated carbocycles. The standard InChI is InChI=1S/C15H15NO/c1-3-10-17-15-13(11(2)16)9-8-12-6-4-5-7-14(12)15/h1,4-9,11H,10,16H2,2H3/t11-/m0/s1. The molecule has 2 rings (SSSR count). The van der Waals surface area contributed by atoms with Gasteiger partial charge in [0, 0.05) is 17.0 Å². The van der Waals surface area contributed by atoms with E-state index in [1.165, 1.54) is 0 Å². The molecule has 0 spiro atoms. The third-order valence-corrected chi connectivity index (χ3v) is 2.70. The van der Waals surface area contributed by atoms with E-state index in [0.29, 0.717) is 0 Å². The van der Waals surface area contributed by atoms with Gasteiger partial charge in [-0.1, -0.05) is 42.3 Å². The van der Waals surface area contributed by atoms with Gasteiger partial charge in [0.25, 0.3) is 0 Å². The Labute approximate surface area is 101 Å². The van der Waals surface area contributed by atoms with E-state index in [-0.39, 0.29) is 12.6 Å². The van der Waals surface area contributed by atoms with E-state index in [0.717, 1.165) is 22.1 Å². The molecule has 0 radical (unpaired) electrons. The summed E-state index contributed by atoms with van der Waals surface area (Å²) in [5, 5.41) is 2.18. The molecule has 0 aliphatic rings. The molecular weight excluding hydrogens is 210 g/mol. The number of terminal acetylenes is 1. The predicted octanol–water partition coefficient (Wildman–Crippen LogP) is 2.87. The van der Waals surface area contributed by atoms with E-state index in [4.69, 9.17) is 16.9 Å². The first kappa shape index (κ1) is 11.5. The van der Waals surface area contributed by atoms with Crippen LogP contribution in [0.15, 0.2) is 36.4 Å². The van der Waals surface area contributed by atoms with Crippen LogP contribution in [0, 0.1) is 12.3 Å². The Kier molecular flexibility index (Phi) is 3.32. The molecule has 2 aromatic carbocycles. The van der Waals surface area contributed by atoms with Crippen molar-refractivity contribution in [2.24, 2.45) is 5.73 Å². The maximum absolute atomic E-state index is 5.95. The molecular formula is C15H15NO. The van der Waals surface area contributed by atoms with Crippen molar-refractivity contribution in [2.45, 2.75) is 13.0 Å². The molecule has 0 aliphatic heterocycles. The lowest BCUT2D eigenvalue weighted by Gasteiger charge is -2.15. The van der Waals surface area contributed by atoms with Crippen molar-refractivity contribution in [3.05, 3.63) is 42.0 Å². The molecule has 0 fully saturated rings. The average Bonchev–Trinajstić information content (AvgIpc) is 2.35. The summed E-state index contributed by atoms with van der Waals surface area (Å²) in [5.41, 5.74) is 6.93. The largest absolute Gasteiger partial charge is 0.480 e. The SMILES string of the molecule is C#CCOc1c([C@H](C)N)ccc2ccccc12. The zero-order valence-corrected chi connectivity index (χ0v) is 9.81. The topological polar surface area (TPSA) is 35.2 Å². The average molecular weight is 225 g/mol. The Morgan fingerprint density at radius 1 is 1.29 bits per heavy atom. The van der Waals surface area contributed by atoms with Crippen LogP contribution in [0.3, 0.4) is 0 Å². The molecule has 17 heavy (non-hydrogen) atoms. The first-order valence-electron chi connectivity index (χ1n) is 5.57. The van der Waals surface area contributed by atoms with Crippen LogP contribution in [0.4, 0.5) is 0 Å². The highest BCUT2D eigenvalue weighted by Crippen LogP contribution is 2.32. The highest BCUT2D eigenvalue weighted by molar-refractivity contribution is 5.89. The summed E-state index contributed by atoms with van der Waals surface area (Å²) in [5.74, 6) is 3.29. The Bertz CT molecular complexity index is 567. The number of nitrogens with two attached hydrogens (primary N) is 1. The number of benzene rings is 2. The van der Waals surface area contributed by atoms with Crippen LogP contribution < -0.4 is 10.5 Å². The van der Waals surface area contributed by atoms with Crippen molar-refractivity contribution >= 4 is 10.8 Å². The van der Waals surface area contributed by atoms with Crippen molar-refractivity contribution in [3.63, 3.8) is 0 Å². The molecule has 2 N–H and O–H groups in total. The summed E-state index contributed by atoms with van der Waals surface area (Å²) in [4.78, 5) is 0. The minimum absolute atomic E-state index is 0.0765. The molecule has 0 bridgehead atoms. The van der Waals surface area contributed by atoms with Gasteiger partial charge in [-0.05, 0) is 12.3 Å². The molecule has 86 valence electrons. The van der Waals surface area contributed by atoms with Crippen molar-refractivity contribution in [1.29, 1.82) is 0 Å². The normalized spacial score (nSPS) is 12.1. The highest BCUT2D eigenvalue weighted by atomic mass is 16.5. The maximum Gasteiger partial charge on any atom is 0.148 e. The zero-order chi connectivity index (χ0) is 12.3. The molecule has 0 amide bonds. The highest BCUT2D eigenvalue weighted by Gasteiger charge is 2.11. The van der Waals surface area contributed by atoms with Crippen LogP contribution >= 0.6 is 0 Å². The second-order valence-electron chi connectivity index (χ2n) is 3.99. The molecule has 0 unspecified atom stereocenters. The molecule has 0 aromatic heterocycles. The van der Waals surface area contributed by atoms with E-state index in [9.17, 15) is 0 Å². The molecule has 2 nitrogen and oxygen atoms in total. The van der Waals surface area contributed by atoms with E-state index in [1.807, 2.05) is 37.3 Å². The predicted molar refractivity (Wildman–Crippen MR) is 70.9 cm³/mol. The molecule has 0 heterocycles. The number of hydrogen-bond donors (Lipinski definition) is 1. The van der Waals surface area contributed by atoms with Crippen LogP contribution in [-0.2, 0) is 0 Å². The quantitative estimate of drug-likeness (QED) is 0.815. The zero-order valence-electron chi connectivity index (χ0n) is 9.81. The van der Waals surface area contributed by atoms with Crippen LogP contribution in [-0.4, -0.2) is 6.61 Å². The van der Waals surface area contributed by atoms with E-state index < -0.39 is 0 Å². The number of rotatable bonds is 3. The summed E-state index contributed by atoms with van der Waals surface area (Å²) in [6.07, 6.45) is 5.24. The van der Waals surface area contributed by atoms with Crippen molar-refractivity contribution in [2.75, 3.05) is 6.61 Å². The summed E-state index contributed by atoms with van der Waals surface area (Å²) in [6, 6.07) is 12.0. The van der Waals surface area contributed by atoms with Gasteiger partial charge in [-0.2, -0.15) is 0 Å². The fourth-order valence-corrected chi connectivity index (χ4v) is 1.89. The Morgan fingerprint density at radius 2 is 2.06 bits per heavy atom. The van der Waals surface area contributed by atoms with Gasteiger partial charge in [-0.25, -0.2) is 0 Å². The first-order chi connectivity index (χ1) is 8.24. The van der Waals surface area contributed by atoms with Gasteiger partial charge in [-0.15, -0.1) is 6.42 Å². The van der Waals surface area contributed by atoms with Gasteiger partial charge >= 0.3 is 0 Å². The minimum Gasteiger partial charge on any atom is -0.480 e. The maximum atomic E-state index is 5.95. The third-order valence-electron chi connectivity index (χ3n) is 2.70. The molecule has 2 aromatic rings.